The van der Waals surface area contributed by atoms with E-state index < -0.39 is 17.9 Å². The number of hydrogen-bond acceptors (Lipinski definition) is 5. The lowest BCUT2D eigenvalue weighted by atomic mass is 9.85. The van der Waals surface area contributed by atoms with Crippen LogP contribution in [0.2, 0.25) is 0 Å². The highest BCUT2D eigenvalue weighted by molar-refractivity contribution is 6.10. The van der Waals surface area contributed by atoms with Gasteiger partial charge in [0.15, 0.2) is 5.78 Å². The average molecular weight is 328 g/mol. The molecule has 2 aliphatic carbocycles. The number of aliphatic imine (C=N–C) groups is 1. The minimum atomic E-state index is -1.13. The molecule has 6 heteroatoms. The molecule has 1 aromatic carbocycles. The van der Waals surface area contributed by atoms with Crippen LogP contribution in [0.15, 0.2) is 47.2 Å². The third-order valence-electron chi connectivity index (χ3n) is 4.58. The smallest absolute Gasteiger partial charge is 0.320 e. The molecule has 3 rings (SSSR count). The zero-order chi connectivity index (χ0) is 17.3. The largest absolute Gasteiger partial charge is 0.506 e. The van der Waals surface area contributed by atoms with Crippen LogP contribution in [0.1, 0.15) is 30.7 Å². The van der Waals surface area contributed by atoms with Crippen molar-refractivity contribution in [2.75, 3.05) is 0 Å². The summed E-state index contributed by atoms with van der Waals surface area (Å²) in [5, 5.41) is 18.9. The lowest BCUT2D eigenvalue weighted by Crippen LogP contribution is -2.36. The molecule has 0 amide bonds. The van der Waals surface area contributed by atoms with Crippen molar-refractivity contribution in [3.8, 4) is 0 Å². The minimum Gasteiger partial charge on any atom is -0.506 e. The second-order valence-corrected chi connectivity index (χ2v) is 6.41. The Morgan fingerprint density at radius 1 is 1.33 bits per heavy atom. The molecular formula is C18H20N2O4. The summed E-state index contributed by atoms with van der Waals surface area (Å²) in [6, 6.07) is 9.05. The van der Waals surface area contributed by atoms with Gasteiger partial charge in [0.25, 0.3) is 0 Å². The van der Waals surface area contributed by atoms with Gasteiger partial charge in [0, 0.05) is 24.3 Å². The van der Waals surface area contributed by atoms with Crippen molar-refractivity contribution in [2.45, 2.75) is 37.3 Å². The molecule has 24 heavy (non-hydrogen) atoms. The number of benzene rings is 1. The van der Waals surface area contributed by atoms with E-state index in [9.17, 15) is 14.7 Å². The molecule has 0 aromatic heterocycles. The second-order valence-electron chi connectivity index (χ2n) is 6.41. The Labute approximate surface area is 139 Å². The molecule has 0 spiro atoms. The molecule has 0 bridgehead atoms. The second kappa shape index (κ2) is 6.57. The number of carbonyl (C=O) groups is 2. The maximum atomic E-state index is 12.0. The van der Waals surface area contributed by atoms with Crippen LogP contribution in [0, 0.1) is 5.92 Å². The van der Waals surface area contributed by atoms with Gasteiger partial charge in [-0.25, -0.2) is 0 Å². The predicted molar refractivity (Wildman–Crippen MR) is 89.1 cm³/mol. The number of aliphatic hydroxyl groups is 1. The van der Waals surface area contributed by atoms with Gasteiger partial charge in [0.1, 0.15) is 11.8 Å². The van der Waals surface area contributed by atoms with Crippen LogP contribution in [-0.2, 0) is 9.59 Å². The maximum Gasteiger partial charge on any atom is 0.320 e. The van der Waals surface area contributed by atoms with Gasteiger partial charge in [0.2, 0.25) is 0 Å². The van der Waals surface area contributed by atoms with Crippen LogP contribution in [-0.4, -0.2) is 39.8 Å². The Hall–Kier alpha value is -2.47. The fraction of sp³-hybridized carbons (Fsp3) is 0.389. The van der Waals surface area contributed by atoms with E-state index in [1.807, 2.05) is 18.2 Å². The van der Waals surface area contributed by atoms with Gasteiger partial charge < -0.3 is 15.9 Å². The summed E-state index contributed by atoms with van der Waals surface area (Å²) in [6.45, 7) is 0. The Balaban J connectivity index is 1.70. The van der Waals surface area contributed by atoms with Crippen molar-refractivity contribution < 1.29 is 19.8 Å². The fourth-order valence-corrected chi connectivity index (χ4v) is 3.08. The lowest BCUT2D eigenvalue weighted by Gasteiger charge is -2.21. The van der Waals surface area contributed by atoms with Crippen molar-refractivity contribution in [1.82, 2.24) is 0 Å². The van der Waals surface area contributed by atoms with Crippen LogP contribution < -0.4 is 5.73 Å². The van der Waals surface area contributed by atoms with Gasteiger partial charge >= 0.3 is 5.97 Å². The Morgan fingerprint density at radius 2 is 2.04 bits per heavy atom. The predicted octanol–water partition coefficient (Wildman–Crippen LogP) is 1.82. The molecule has 1 saturated carbocycles. The third kappa shape index (κ3) is 3.54. The number of allylic oxidation sites excluding steroid dienone is 2. The number of rotatable bonds is 5. The molecule has 1 fully saturated rings. The summed E-state index contributed by atoms with van der Waals surface area (Å²) in [7, 11) is 0. The maximum absolute atomic E-state index is 12.0. The molecule has 2 aliphatic rings. The van der Waals surface area contributed by atoms with E-state index in [0.717, 1.165) is 12.5 Å². The zero-order valence-electron chi connectivity index (χ0n) is 13.1. The summed E-state index contributed by atoms with van der Waals surface area (Å²) in [6.07, 6.45) is 2.33. The molecule has 126 valence electrons. The summed E-state index contributed by atoms with van der Waals surface area (Å²) >= 11 is 0. The quantitative estimate of drug-likeness (QED) is 0.763. The lowest BCUT2D eigenvalue weighted by molar-refractivity contribution is -0.139. The van der Waals surface area contributed by atoms with Crippen molar-refractivity contribution in [3.05, 3.63) is 47.7 Å². The summed E-state index contributed by atoms with van der Waals surface area (Å²) in [5.41, 5.74) is 7.21. The van der Waals surface area contributed by atoms with E-state index >= 15 is 0 Å². The highest BCUT2D eigenvalue weighted by Crippen LogP contribution is 2.44. The highest BCUT2D eigenvalue weighted by Gasteiger charge is 2.39. The minimum absolute atomic E-state index is 0.0454. The first-order valence-electron chi connectivity index (χ1n) is 8.00. The number of aliphatic carboxylic acids is 1. The van der Waals surface area contributed by atoms with E-state index in [4.69, 9.17) is 10.8 Å². The number of nitrogens with zero attached hydrogens (tertiary/aromatic N) is 1. The number of carboxylic acids is 1. The van der Waals surface area contributed by atoms with Gasteiger partial charge in [-0.2, -0.15) is 0 Å². The van der Waals surface area contributed by atoms with Gasteiger partial charge in [0.05, 0.1) is 11.8 Å². The van der Waals surface area contributed by atoms with Crippen molar-refractivity contribution in [3.63, 3.8) is 0 Å². The van der Waals surface area contributed by atoms with E-state index in [2.05, 4.69) is 17.1 Å². The van der Waals surface area contributed by atoms with Crippen molar-refractivity contribution in [2.24, 2.45) is 16.6 Å². The van der Waals surface area contributed by atoms with Crippen LogP contribution in [0.4, 0.5) is 0 Å². The van der Waals surface area contributed by atoms with Crippen molar-refractivity contribution in [1.29, 1.82) is 0 Å². The number of nitrogens with two attached hydrogens (primary N) is 1. The van der Waals surface area contributed by atoms with Crippen molar-refractivity contribution >= 4 is 17.5 Å². The monoisotopic (exact) mass is 328 g/mol. The average Bonchev–Trinajstić information content (AvgIpc) is 3.32. The highest BCUT2D eigenvalue weighted by atomic mass is 16.4. The molecule has 0 aliphatic heterocycles. The SMILES string of the molecule is N[C@@H](C[C@@H]1CC(=N[C@@H]2C[C@H]2c2ccccc2)C(O)=CC1=O)C(=O)O. The molecule has 4 N–H and O–H groups in total. The first-order valence-corrected chi connectivity index (χ1v) is 8.00. The molecule has 0 saturated heterocycles. The molecular weight excluding hydrogens is 308 g/mol. The fourth-order valence-electron chi connectivity index (χ4n) is 3.08. The first-order chi connectivity index (χ1) is 11.5. The van der Waals surface area contributed by atoms with E-state index in [1.54, 1.807) is 0 Å². The number of hydrogen-bond donors (Lipinski definition) is 3. The van der Waals surface area contributed by atoms with E-state index in [1.165, 1.54) is 5.56 Å². The molecule has 4 atom stereocenters. The van der Waals surface area contributed by atoms with E-state index in [-0.39, 0.29) is 30.4 Å². The van der Waals surface area contributed by atoms with Gasteiger partial charge in [-0.15, -0.1) is 0 Å². The zero-order valence-corrected chi connectivity index (χ0v) is 13.1. The summed E-state index contributed by atoms with van der Waals surface area (Å²) < 4.78 is 0. The summed E-state index contributed by atoms with van der Waals surface area (Å²) in [5.74, 6) is -1.74. The van der Waals surface area contributed by atoms with E-state index in [0.29, 0.717) is 11.6 Å². The van der Waals surface area contributed by atoms with Gasteiger partial charge in [-0.3, -0.25) is 14.6 Å². The first kappa shape index (κ1) is 16.4. The van der Waals surface area contributed by atoms with Crippen LogP contribution >= 0.6 is 0 Å². The number of carboxylic acid groups (broad SMARTS) is 1. The van der Waals surface area contributed by atoms with Crippen LogP contribution in [0.3, 0.4) is 0 Å². The Morgan fingerprint density at radius 3 is 2.71 bits per heavy atom. The topological polar surface area (TPSA) is 113 Å². The summed E-state index contributed by atoms with van der Waals surface area (Å²) in [4.78, 5) is 27.4. The van der Waals surface area contributed by atoms with Crippen LogP contribution in [0.5, 0.6) is 0 Å². The third-order valence-corrected chi connectivity index (χ3v) is 4.58. The molecule has 1 aromatic rings. The Kier molecular flexibility index (Phi) is 4.49. The number of carbonyl (C=O) groups excluding carboxylic acids is 1. The molecule has 0 radical (unpaired) electrons. The van der Waals surface area contributed by atoms with Crippen LogP contribution in [0.25, 0.3) is 0 Å². The van der Waals surface area contributed by atoms with Gasteiger partial charge in [-0.1, -0.05) is 30.3 Å². The standard InChI is InChI=1S/C18H20N2O4/c19-13(18(23)24)6-11-7-15(17(22)9-16(11)21)20-14-8-12(14)10-4-2-1-3-5-10/h1-5,9,11-14,22H,6-8,19H2,(H,23,24)/t11-,12+,13+,14-/m1/s1. The van der Waals surface area contributed by atoms with Gasteiger partial charge in [-0.05, 0) is 18.4 Å². The molecule has 6 nitrogen and oxygen atoms in total. The molecule has 0 unspecified atom stereocenters. The normalized spacial score (nSPS) is 29.2. The number of aliphatic hydroxyl groups excluding tert-OH is 1. The number of ketones is 1. The Bertz CT molecular complexity index is 711. The molecule has 0 heterocycles.